The number of benzene rings is 2. The van der Waals surface area contributed by atoms with Gasteiger partial charge in [-0.25, -0.2) is 8.42 Å². The highest BCUT2D eigenvalue weighted by Crippen LogP contribution is 2.19. The van der Waals surface area contributed by atoms with E-state index >= 15 is 0 Å². The number of carbonyl (C=O) groups excluding carboxylic acids is 1. The van der Waals surface area contributed by atoms with Gasteiger partial charge in [-0.3, -0.25) is 4.79 Å². The van der Waals surface area contributed by atoms with Crippen LogP contribution in [0.4, 0.5) is 0 Å². The molecule has 1 saturated heterocycles. The van der Waals surface area contributed by atoms with Crippen molar-refractivity contribution in [1.82, 2.24) is 14.2 Å². The summed E-state index contributed by atoms with van der Waals surface area (Å²) in [6.45, 7) is 1.42. The van der Waals surface area contributed by atoms with E-state index in [1.165, 1.54) is 9.71 Å². The molecule has 2 heterocycles. The summed E-state index contributed by atoms with van der Waals surface area (Å²) in [6, 6.07) is 17.2. The molecule has 1 aromatic heterocycles. The molecule has 1 amide bonds. The minimum Gasteiger partial charge on any atom is -0.361 e. The van der Waals surface area contributed by atoms with Crippen LogP contribution in [0, 0.1) is 0 Å². The molecule has 7 heteroatoms. The summed E-state index contributed by atoms with van der Waals surface area (Å²) in [5, 5.41) is 2.29. The van der Waals surface area contributed by atoms with Crippen molar-refractivity contribution in [2.45, 2.75) is 6.42 Å². The summed E-state index contributed by atoms with van der Waals surface area (Å²) >= 11 is 0. The van der Waals surface area contributed by atoms with Crippen molar-refractivity contribution in [3.63, 3.8) is 0 Å². The molecule has 1 aliphatic heterocycles. The van der Waals surface area contributed by atoms with Gasteiger partial charge in [0.15, 0.2) is 0 Å². The first kappa shape index (κ1) is 19.4. The summed E-state index contributed by atoms with van der Waals surface area (Å²) in [4.78, 5) is 17.6. The van der Waals surface area contributed by atoms with E-state index in [4.69, 9.17) is 0 Å². The number of fused-ring (bicyclic) bond motifs is 1. The van der Waals surface area contributed by atoms with E-state index in [9.17, 15) is 13.2 Å². The van der Waals surface area contributed by atoms with Gasteiger partial charge in [0.2, 0.25) is 15.9 Å². The standard InChI is InChI=1S/C22H23N3O3S/c26-22(16-19-17-23-21-9-5-4-8-20(19)21)24-11-13-25(14-12-24)29(27,28)15-10-18-6-2-1-3-7-18/h1-10,15,17,23H,11-14,16H2/b15-10+. The Hall–Kier alpha value is -2.90. The molecule has 1 fully saturated rings. The highest BCUT2D eigenvalue weighted by molar-refractivity contribution is 7.92. The van der Waals surface area contributed by atoms with Crippen LogP contribution >= 0.6 is 0 Å². The van der Waals surface area contributed by atoms with E-state index in [2.05, 4.69) is 4.98 Å². The Balaban J connectivity index is 1.36. The maximum absolute atomic E-state index is 12.7. The molecule has 0 saturated carbocycles. The van der Waals surface area contributed by atoms with Crippen molar-refractivity contribution < 1.29 is 13.2 Å². The monoisotopic (exact) mass is 409 g/mol. The number of para-hydroxylation sites is 1. The Morgan fingerprint density at radius 2 is 1.66 bits per heavy atom. The Bertz CT molecular complexity index is 1130. The largest absolute Gasteiger partial charge is 0.361 e. The molecule has 1 aliphatic rings. The molecule has 1 N–H and O–H groups in total. The maximum Gasteiger partial charge on any atom is 0.236 e. The van der Waals surface area contributed by atoms with E-state index in [0.717, 1.165) is 22.0 Å². The Labute approximate surface area is 170 Å². The van der Waals surface area contributed by atoms with Gasteiger partial charge in [0.25, 0.3) is 0 Å². The first-order chi connectivity index (χ1) is 14.0. The summed E-state index contributed by atoms with van der Waals surface area (Å²) in [5.74, 6) is 0.0200. The van der Waals surface area contributed by atoms with Crippen LogP contribution in [0.3, 0.4) is 0 Å². The number of sulfonamides is 1. The molecule has 0 spiro atoms. The second kappa shape index (κ2) is 8.23. The first-order valence-corrected chi connectivity index (χ1v) is 11.1. The molecule has 150 valence electrons. The Morgan fingerprint density at radius 1 is 0.966 bits per heavy atom. The van der Waals surface area contributed by atoms with E-state index in [-0.39, 0.29) is 5.91 Å². The lowest BCUT2D eigenvalue weighted by molar-refractivity contribution is -0.131. The predicted molar refractivity (Wildman–Crippen MR) is 115 cm³/mol. The topological polar surface area (TPSA) is 73.5 Å². The van der Waals surface area contributed by atoms with Crippen molar-refractivity contribution >= 4 is 32.9 Å². The number of rotatable bonds is 5. The Morgan fingerprint density at radius 3 is 2.41 bits per heavy atom. The number of H-pyrrole nitrogens is 1. The van der Waals surface area contributed by atoms with Gasteiger partial charge in [-0.1, -0.05) is 48.5 Å². The maximum atomic E-state index is 12.7. The third-order valence-corrected chi connectivity index (χ3v) is 6.76. The second-order valence-corrected chi connectivity index (χ2v) is 8.89. The second-order valence-electron chi connectivity index (χ2n) is 7.07. The minimum absolute atomic E-state index is 0.0200. The quantitative estimate of drug-likeness (QED) is 0.704. The van der Waals surface area contributed by atoms with Crippen molar-refractivity contribution in [3.05, 3.63) is 77.3 Å². The van der Waals surface area contributed by atoms with Gasteiger partial charge in [-0.15, -0.1) is 0 Å². The Kier molecular flexibility index (Phi) is 5.51. The van der Waals surface area contributed by atoms with Crippen molar-refractivity contribution in [3.8, 4) is 0 Å². The zero-order chi connectivity index (χ0) is 20.3. The molecular formula is C22H23N3O3S. The molecule has 3 aromatic rings. The summed E-state index contributed by atoms with van der Waals surface area (Å²) in [6.07, 6.45) is 3.78. The normalized spacial score (nSPS) is 15.9. The minimum atomic E-state index is -3.50. The van der Waals surface area contributed by atoms with Crippen LogP contribution in [0.1, 0.15) is 11.1 Å². The fourth-order valence-electron chi connectivity index (χ4n) is 3.56. The first-order valence-electron chi connectivity index (χ1n) is 9.59. The van der Waals surface area contributed by atoms with Crippen LogP contribution in [0.5, 0.6) is 0 Å². The third kappa shape index (κ3) is 4.41. The molecule has 0 atom stereocenters. The van der Waals surface area contributed by atoms with Crippen molar-refractivity contribution in [2.24, 2.45) is 0 Å². The number of piperazine rings is 1. The molecule has 2 aromatic carbocycles. The number of nitrogens with one attached hydrogen (secondary N) is 1. The smallest absolute Gasteiger partial charge is 0.236 e. The van der Waals surface area contributed by atoms with Crippen LogP contribution in [-0.4, -0.2) is 54.7 Å². The molecule has 0 bridgehead atoms. The van der Waals surface area contributed by atoms with Gasteiger partial charge in [0.1, 0.15) is 0 Å². The average molecular weight is 410 g/mol. The van der Waals surface area contributed by atoms with E-state index in [1.807, 2.05) is 60.8 Å². The highest BCUT2D eigenvalue weighted by Gasteiger charge is 2.27. The molecule has 29 heavy (non-hydrogen) atoms. The van der Waals surface area contributed by atoms with Gasteiger partial charge in [0, 0.05) is 48.7 Å². The lowest BCUT2D eigenvalue weighted by Gasteiger charge is -2.33. The summed E-state index contributed by atoms with van der Waals surface area (Å²) in [7, 11) is -3.50. The SMILES string of the molecule is O=C(Cc1c[nH]c2ccccc12)N1CCN(S(=O)(=O)/C=C/c2ccccc2)CC1. The van der Waals surface area contributed by atoms with E-state index in [1.54, 1.807) is 11.0 Å². The zero-order valence-electron chi connectivity index (χ0n) is 16.0. The van der Waals surface area contributed by atoms with Gasteiger partial charge in [-0.2, -0.15) is 4.31 Å². The number of amides is 1. The van der Waals surface area contributed by atoms with Gasteiger partial charge in [0.05, 0.1) is 6.42 Å². The fraction of sp³-hybridized carbons (Fsp3) is 0.227. The molecule has 4 rings (SSSR count). The van der Waals surface area contributed by atoms with Gasteiger partial charge in [-0.05, 0) is 23.3 Å². The molecule has 6 nitrogen and oxygen atoms in total. The van der Waals surface area contributed by atoms with Crippen molar-refractivity contribution in [1.29, 1.82) is 0 Å². The summed E-state index contributed by atoms with van der Waals surface area (Å²) in [5.41, 5.74) is 2.81. The van der Waals surface area contributed by atoms with Gasteiger partial charge < -0.3 is 9.88 Å². The third-order valence-electron chi connectivity index (χ3n) is 5.20. The number of hydrogen-bond donors (Lipinski definition) is 1. The number of nitrogens with zero attached hydrogens (tertiary/aromatic N) is 2. The average Bonchev–Trinajstić information content (AvgIpc) is 3.16. The summed E-state index contributed by atoms with van der Waals surface area (Å²) < 4.78 is 26.6. The number of carbonyl (C=O) groups is 1. The van der Waals surface area contributed by atoms with Crippen LogP contribution in [0.2, 0.25) is 0 Å². The van der Waals surface area contributed by atoms with E-state index < -0.39 is 10.0 Å². The van der Waals surface area contributed by atoms with Crippen LogP contribution in [0.15, 0.2) is 66.2 Å². The van der Waals surface area contributed by atoms with Crippen LogP contribution in [0.25, 0.3) is 17.0 Å². The fourth-order valence-corrected chi connectivity index (χ4v) is 4.73. The zero-order valence-corrected chi connectivity index (χ0v) is 16.8. The van der Waals surface area contributed by atoms with Gasteiger partial charge >= 0.3 is 0 Å². The lowest BCUT2D eigenvalue weighted by Crippen LogP contribution is -2.50. The van der Waals surface area contributed by atoms with Crippen LogP contribution < -0.4 is 0 Å². The predicted octanol–water partition coefficient (Wildman–Crippen LogP) is 2.86. The number of aromatic amines is 1. The highest BCUT2D eigenvalue weighted by atomic mass is 32.2. The molecule has 0 aliphatic carbocycles. The molecular weight excluding hydrogens is 386 g/mol. The number of hydrogen-bond acceptors (Lipinski definition) is 3. The molecule has 0 unspecified atom stereocenters. The lowest BCUT2D eigenvalue weighted by atomic mass is 10.1. The number of aromatic nitrogens is 1. The van der Waals surface area contributed by atoms with E-state index in [0.29, 0.717) is 32.6 Å². The van der Waals surface area contributed by atoms with Crippen molar-refractivity contribution in [2.75, 3.05) is 26.2 Å². The van der Waals surface area contributed by atoms with Crippen LogP contribution in [-0.2, 0) is 21.2 Å². The molecule has 0 radical (unpaired) electrons.